The van der Waals surface area contributed by atoms with Crippen molar-refractivity contribution in [3.05, 3.63) is 29.8 Å². The Bertz CT molecular complexity index is 352. The molecule has 1 amide bonds. The van der Waals surface area contributed by atoms with Crippen molar-refractivity contribution in [2.24, 2.45) is 0 Å². The maximum atomic E-state index is 11.5. The lowest BCUT2D eigenvalue weighted by Crippen LogP contribution is -2.21. The van der Waals surface area contributed by atoms with Crippen molar-refractivity contribution in [2.75, 3.05) is 13.7 Å². The summed E-state index contributed by atoms with van der Waals surface area (Å²) in [6.45, 7) is 2.07. The van der Waals surface area contributed by atoms with Crippen molar-refractivity contribution in [2.45, 2.75) is 19.4 Å². The van der Waals surface area contributed by atoms with Gasteiger partial charge in [-0.2, -0.15) is 0 Å². The van der Waals surface area contributed by atoms with Crippen molar-refractivity contribution in [3.8, 4) is 5.75 Å². The molecule has 1 rings (SSSR count). The number of aliphatic hydroxyl groups excluding tert-OH is 1. The molecule has 0 saturated carbocycles. The average Bonchev–Trinajstić information content (AvgIpc) is 2.35. The zero-order valence-corrected chi connectivity index (χ0v) is 9.56. The molecule has 1 atom stereocenters. The SMILES string of the molecule is CC[C@H](O)COc1ccccc1C(=O)NC. The molecule has 1 aromatic carbocycles. The summed E-state index contributed by atoms with van der Waals surface area (Å²) in [7, 11) is 1.57. The van der Waals surface area contributed by atoms with Gasteiger partial charge in [0, 0.05) is 7.05 Å². The van der Waals surface area contributed by atoms with E-state index in [1.807, 2.05) is 6.92 Å². The fourth-order valence-electron chi connectivity index (χ4n) is 1.22. The van der Waals surface area contributed by atoms with E-state index in [-0.39, 0.29) is 12.5 Å². The Balaban J connectivity index is 2.75. The predicted octanol–water partition coefficient (Wildman–Crippen LogP) is 1.20. The van der Waals surface area contributed by atoms with E-state index < -0.39 is 6.10 Å². The maximum absolute atomic E-state index is 11.5. The lowest BCUT2D eigenvalue weighted by molar-refractivity contribution is 0.0929. The number of ether oxygens (including phenoxy) is 1. The van der Waals surface area contributed by atoms with Crippen LogP contribution >= 0.6 is 0 Å². The van der Waals surface area contributed by atoms with Gasteiger partial charge in [0.05, 0.1) is 11.7 Å². The number of nitrogens with one attached hydrogen (secondary N) is 1. The van der Waals surface area contributed by atoms with E-state index in [1.54, 1.807) is 31.3 Å². The van der Waals surface area contributed by atoms with Crippen LogP contribution in [0, 0.1) is 0 Å². The molecule has 4 heteroatoms. The highest BCUT2D eigenvalue weighted by atomic mass is 16.5. The van der Waals surface area contributed by atoms with Gasteiger partial charge in [-0.1, -0.05) is 19.1 Å². The molecule has 0 heterocycles. The first-order chi connectivity index (χ1) is 7.69. The van der Waals surface area contributed by atoms with Crippen LogP contribution in [0.25, 0.3) is 0 Å². The minimum atomic E-state index is -0.502. The van der Waals surface area contributed by atoms with Gasteiger partial charge in [-0.05, 0) is 18.6 Å². The number of aliphatic hydroxyl groups is 1. The van der Waals surface area contributed by atoms with Gasteiger partial charge in [0.2, 0.25) is 0 Å². The fraction of sp³-hybridized carbons (Fsp3) is 0.417. The van der Waals surface area contributed by atoms with Crippen LogP contribution in [0.5, 0.6) is 5.75 Å². The van der Waals surface area contributed by atoms with Gasteiger partial charge in [0.25, 0.3) is 5.91 Å². The van der Waals surface area contributed by atoms with Gasteiger partial charge in [-0.15, -0.1) is 0 Å². The Hall–Kier alpha value is -1.55. The molecule has 0 aliphatic carbocycles. The van der Waals surface area contributed by atoms with Crippen molar-refractivity contribution < 1.29 is 14.6 Å². The largest absolute Gasteiger partial charge is 0.490 e. The highest BCUT2D eigenvalue weighted by Gasteiger charge is 2.11. The second-order valence-corrected chi connectivity index (χ2v) is 3.45. The molecule has 0 spiro atoms. The second-order valence-electron chi connectivity index (χ2n) is 3.45. The number of rotatable bonds is 5. The molecule has 88 valence electrons. The normalized spacial score (nSPS) is 11.9. The van der Waals surface area contributed by atoms with E-state index >= 15 is 0 Å². The van der Waals surface area contributed by atoms with E-state index in [0.29, 0.717) is 17.7 Å². The van der Waals surface area contributed by atoms with Crippen molar-refractivity contribution in [1.29, 1.82) is 0 Å². The first-order valence-corrected chi connectivity index (χ1v) is 5.31. The molecule has 2 N–H and O–H groups in total. The molecule has 0 bridgehead atoms. The van der Waals surface area contributed by atoms with Crippen LogP contribution in [0.1, 0.15) is 23.7 Å². The van der Waals surface area contributed by atoms with E-state index in [4.69, 9.17) is 4.74 Å². The number of amides is 1. The van der Waals surface area contributed by atoms with Crippen molar-refractivity contribution in [1.82, 2.24) is 5.32 Å². The molecule has 0 fully saturated rings. The standard InChI is InChI=1S/C12H17NO3/c1-3-9(14)8-16-11-7-5-4-6-10(11)12(15)13-2/h4-7,9,14H,3,8H2,1-2H3,(H,13,15)/t9-/m0/s1. The van der Waals surface area contributed by atoms with Crippen LogP contribution in [0.2, 0.25) is 0 Å². The molecule has 0 radical (unpaired) electrons. The number of para-hydroxylation sites is 1. The second kappa shape index (κ2) is 6.12. The lowest BCUT2D eigenvalue weighted by Gasteiger charge is -2.12. The molecule has 16 heavy (non-hydrogen) atoms. The van der Waals surface area contributed by atoms with Crippen molar-refractivity contribution >= 4 is 5.91 Å². The minimum absolute atomic E-state index is 0.193. The number of hydrogen-bond acceptors (Lipinski definition) is 3. The molecule has 0 aromatic heterocycles. The molecule has 0 aliphatic heterocycles. The zero-order valence-electron chi connectivity index (χ0n) is 9.56. The summed E-state index contributed by atoms with van der Waals surface area (Å²) < 4.78 is 5.40. The topological polar surface area (TPSA) is 58.6 Å². The molecule has 0 aliphatic rings. The Morgan fingerprint density at radius 3 is 2.81 bits per heavy atom. The minimum Gasteiger partial charge on any atom is -0.490 e. The Kier molecular flexibility index (Phi) is 4.79. The Morgan fingerprint density at radius 2 is 2.19 bits per heavy atom. The summed E-state index contributed by atoms with van der Waals surface area (Å²) in [5.41, 5.74) is 0.480. The van der Waals surface area contributed by atoms with Gasteiger partial charge in [-0.25, -0.2) is 0 Å². The summed E-state index contributed by atoms with van der Waals surface area (Å²) in [6.07, 6.45) is 0.125. The third-order valence-electron chi connectivity index (χ3n) is 2.26. The number of benzene rings is 1. The van der Waals surface area contributed by atoms with E-state index in [0.717, 1.165) is 0 Å². The summed E-state index contributed by atoms with van der Waals surface area (Å²) in [4.78, 5) is 11.5. The van der Waals surface area contributed by atoms with E-state index in [2.05, 4.69) is 5.32 Å². The fourth-order valence-corrected chi connectivity index (χ4v) is 1.22. The number of hydrogen-bond donors (Lipinski definition) is 2. The van der Waals surface area contributed by atoms with Gasteiger partial charge in [0.1, 0.15) is 12.4 Å². The van der Waals surface area contributed by atoms with Crippen LogP contribution < -0.4 is 10.1 Å². The van der Waals surface area contributed by atoms with E-state index in [1.165, 1.54) is 0 Å². The molecular formula is C12H17NO3. The molecular weight excluding hydrogens is 206 g/mol. The third-order valence-corrected chi connectivity index (χ3v) is 2.26. The first kappa shape index (κ1) is 12.5. The van der Waals surface area contributed by atoms with Gasteiger partial charge >= 0.3 is 0 Å². The van der Waals surface area contributed by atoms with Gasteiger partial charge in [0.15, 0.2) is 0 Å². The Morgan fingerprint density at radius 1 is 1.50 bits per heavy atom. The number of carbonyl (C=O) groups is 1. The monoisotopic (exact) mass is 223 g/mol. The van der Waals surface area contributed by atoms with Crippen LogP contribution in [-0.2, 0) is 0 Å². The van der Waals surface area contributed by atoms with Gasteiger partial charge in [-0.3, -0.25) is 4.79 Å². The highest BCUT2D eigenvalue weighted by Crippen LogP contribution is 2.17. The molecule has 0 unspecified atom stereocenters. The lowest BCUT2D eigenvalue weighted by atomic mass is 10.2. The van der Waals surface area contributed by atoms with Crippen LogP contribution in [0.15, 0.2) is 24.3 Å². The predicted molar refractivity (Wildman–Crippen MR) is 61.6 cm³/mol. The summed E-state index contributed by atoms with van der Waals surface area (Å²) in [5, 5.41) is 11.9. The van der Waals surface area contributed by atoms with Crippen LogP contribution in [-0.4, -0.2) is 30.8 Å². The van der Waals surface area contributed by atoms with Crippen molar-refractivity contribution in [3.63, 3.8) is 0 Å². The smallest absolute Gasteiger partial charge is 0.254 e. The van der Waals surface area contributed by atoms with E-state index in [9.17, 15) is 9.90 Å². The summed E-state index contributed by atoms with van der Waals surface area (Å²) in [6, 6.07) is 6.97. The average molecular weight is 223 g/mol. The van der Waals surface area contributed by atoms with Crippen LogP contribution in [0.3, 0.4) is 0 Å². The third kappa shape index (κ3) is 3.24. The van der Waals surface area contributed by atoms with Crippen LogP contribution in [0.4, 0.5) is 0 Å². The molecule has 0 saturated heterocycles. The summed E-state index contributed by atoms with van der Waals surface area (Å²) in [5.74, 6) is 0.302. The Labute approximate surface area is 95.2 Å². The molecule has 4 nitrogen and oxygen atoms in total. The first-order valence-electron chi connectivity index (χ1n) is 5.31. The number of carbonyl (C=O) groups excluding carboxylic acids is 1. The van der Waals surface area contributed by atoms with Gasteiger partial charge < -0.3 is 15.2 Å². The highest BCUT2D eigenvalue weighted by molar-refractivity contribution is 5.96. The maximum Gasteiger partial charge on any atom is 0.254 e. The summed E-state index contributed by atoms with van der Waals surface area (Å²) >= 11 is 0. The zero-order chi connectivity index (χ0) is 12.0. The quantitative estimate of drug-likeness (QED) is 0.788. The molecule has 1 aromatic rings.